The standard InChI is InChI=1S/C13H21N5/c1-11(2)10-14-6-8-17(3)13-12-4-5-16-18(12)9-7-15-13/h4-5,7,9,11,14H,6,8,10H2,1-3H3. The highest BCUT2D eigenvalue weighted by molar-refractivity contribution is 5.67. The largest absolute Gasteiger partial charge is 0.357 e. The van der Waals surface area contributed by atoms with E-state index in [9.17, 15) is 0 Å². The summed E-state index contributed by atoms with van der Waals surface area (Å²) in [6, 6.07) is 1.99. The van der Waals surface area contributed by atoms with Gasteiger partial charge >= 0.3 is 0 Å². The van der Waals surface area contributed by atoms with Gasteiger partial charge in [-0.15, -0.1) is 0 Å². The maximum atomic E-state index is 4.43. The first-order valence-electron chi connectivity index (χ1n) is 6.38. The van der Waals surface area contributed by atoms with E-state index in [0.29, 0.717) is 5.92 Å². The molecule has 0 unspecified atom stereocenters. The molecule has 98 valence electrons. The topological polar surface area (TPSA) is 45.5 Å². The van der Waals surface area contributed by atoms with E-state index in [1.807, 2.05) is 16.8 Å². The molecule has 0 aromatic carbocycles. The lowest BCUT2D eigenvalue weighted by Gasteiger charge is -2.19. The van der Waals surface area contributed by atoms with Crippen molar-refractivity contribution in [2.45, 2.75) is 13.8 Å². The van der Waals surface area contributed by atoms with Gasteiger partial charge in [0.1, 0.15) is 5.52 Å². The molecular formula is C13H21N5. The molecule has 2 heterocycles. The number of aromatic nitrogens is 3. The Morgan fingerprint density at radius 2 is 2.22 bits per heavy atom. The van der Waals surface area contributed by atoms with Crippen LogP contribution in [0.1, 0.15) is 13.8 Å². The minimum atomic E-state index is 0.687. The first-order chi connectivity index (χ1) is 8.68. The van der Waals surface area contributed by atoms with E-state index < -0.39 is 0 Å². The summed E-state index contributed by atoms with van der Waals surface area (Å²) in [4.78, 5) is 6.59. The third kappa shape index (κ3) is 2.98. The number of nitrogens with zero attached hydrogens (tertiary/aromatic N) is 4. The van der Waals surface area contributed by atoms with Crippen LogP contribution in [-0.4, -0.2) is 41.3 Å². The molecule has 0 atom stereocenters. The van der Waals surface area contributed by atoms with Crippen molar-refractivity contribution in [2.24, 2.45) is 5.92 Å². The SMILES string of the molecule is CC(C)CNCCN(C)c1nccn2nccc12. The van der Waals surface area contributed by atoms with Crippen molar-refractivity contribution in [1.29, 1.82) is 0 Å². The van der Waals surface area contributed by atoms with Crippen LogP contribution in [-0.2, 0) is 0 Å². The van der Waals surface area contributed by atoms with Crippen LogP contribution in [0.4, 0.5) is 5.82 Å². The number of nitrogens with one attached hydrogen (secondary N) is 1. The van der Waals surface area contributed by atoms with Crippen LogP contribution in [0.25, 0.3) is 5.52 Å². The average Bonchev–Trinajstić information content (AvgIpc) is 2.82. The Kier molecular flexibility index (Phi) is 4.15. The molecular weight excluding hydrogens is 226 g/mol. The molecule has 5 nitrogen and oxygen atoms in total. The lowest BCUT2D eigenvalue weighted by molar-refractivity contribution is 0.554. The highest BCUT2D eigenvalue weighted by Crippen LogP contribution is 2.15. The molecule has 0 aliphatic carbocycles. The number of anilines is 1. The molecule has 18 heavy (non-hydrogen) atoms. The summed E-state index contributed by atoms with van der Waals surface area (Å²) in [6.45, 7) is 7.38. The zero-order valence-corrected chi connectivity index (χ0v) is 11.3. The second-order valence-corrected chi connectivity index (χ2v) is 4.93. The average molecular weight is 247 g/mol. The van der Waals surface area contributed by atoms with Crippen molar-refractivity contribution in [2.75, 3.05) is 31.6 Å². The summed E-state index contributed by atoms with van der Waals surface area (Å²) >= 11 is 0. The summed E-state index contributed by atoms with van der Waals surface area (Å²) in [6.07, 6.45) is 5.45. The molecule has 0 aliphatic heterocycles. The van der Waals surface area contributed by atoms with Gasteiger partial charge in [0.15, 0.2) is 5.82 Å². The number of hydrogen-bond acceptors (Lipinski definition) is 4. The molecule has 0 aliphatic rings. The van der Waals surface area contributed by atoms with Crippen LogP contribution in [0.2, 0.25) is 0 Å². The Balaban J connectivity index is 1.96. The van der Waals surface area contributed by atoms with E-state index in [-0.39, 0.29) is 0 Å². The minimum absolute atomic E-state index is 0.687. The highest BCUT2D eigenvalue weighted by atomic mass is 15.3. The lowest BCUT2D eigenvalue weighted by atomic mass is 10.2. The number of likely N-dealkylation sites (N-methyl/N-ethyl adjacent to an activating group) is 1. The highest BCUT2D eigenvalue weighted by Gasteiger charge is 2.07. The monoisotopic (exact) mass is 247 g/mol. The quantitative estimate of drug-likeness (QED) is 0.784. The Bertz CT molecular complexity index is 491. The number of rotatable bonds is 6. The third-order valence-electron chi connectivity index (χ3n) is 2.84. The van der Waals surface area contributed by atoms with Crippen LogP contribution in [0.15, 0.2) is 24.7 Å². The van der Waals surface area contributed by atoms with Gasteiger partial charge in [0.25, 0.3) is 0 Å². The Morgan fingerprint density at radius 1 is 1.39 bits per heavy atom. The van der Waals surface area contributed by atoms with E-state index in [0.717, 1.165) is 31.0 Å². The molecule has 0 amide bonds. The molecule has 2 rings (SSSR count). The second kappa shape index (κ2) is 5.82. The summed E-state index contributed by atoms with van der Waals surface area (Å²) in [7, 11) is 2.06. The first-order valence-corrected chi connectivity index (χ1v) is 6.38. The Labute approximate surface area is 108 Å². The maximum Gasteiger partial charge on any atom is 0.154 e. The normalized spacial score (nSPS) is 11.3. The summed E-state index contributed by atoms with van der Waals surface area (Å²) in [5, 5.41) is 7.65. The van der Waals surface area contributed by atoms with Gasteiger partial charge < -0.3 is 10.2 Å². The van der Waals surface area contributed by atoms with Gasteiger partial charge in [0.05, 0.1) is 6.20 Å². The van der Waals surface area contributed by atoms with Crippen molar-refractivity contribution in [3.63, 3.8) is 0 Å². The molecule has 0 bridgehead atoms. The molecule has 0 spiro atoms. The van der Waals surface area contributed by atoms with Crippen LogP contribution in [0, 0.1) is 5.92 Å². The molecule has 1 N–H and O–H groups in total. The van der Waals surface area contributed by atoms with Crippen LogP contribution in [0.3, 0.4) is 0 Å². The first kappa shape index (κ1) is 12.8. The third-order valence-corrected chi connectivity index (χ3v) is 2.84. The van der Waals surface area contributed by atoms with Gasteiger partial charge in [-0.1, -0.05) is 13.8 Å². The van der Waals surface area contributed by atoms with Gasteiger partial charge in [0.2, 0.25) is 0 Å². The minimum Gasteiger partial charge on any atom is -0.357 e. The van der Waals surface area contributed by atoms with E-state index >= 15 is 0 Å². The van der Waals surface area contributed by atoms with Crippen molar-refractivity contribution in [1.82, 2.24) is 19.9 Å². The van der Waals surface area contributed by atoms with Gasteiger partial charge in [-0.2, -0.15) is 5.10 Å². The molecule has 2 aromatic heterocycles. The predicted octanol–water partition coefficient (Wildman–Crippen LogP) is 1.41. The molecule has 0 radical (unpaired) electrons. The van der Waals surface area contributed by atoms with Crippen LogP contribution >= 0.6 is 0 Å². The Hall–Kier alpha value is -1.62. The second-order valence-electron chi connectivity index (χ2n) is 4.93. The number of fused-ring (bicyclic) bond motifs is 1. The van der Waals surface area contributed by atoms with Crippen molar-refractivity contribution in [3.05, 3.63) is 24.7 Å². The van der Waals surface area contributed by atoms with Gasteiger partial charge in [0, 0.05) is 32.5 Å². The molecule has 0 fully saturated rings. The van der Waals surface area contributed by atoms with Gasteiger partial charge in [-0.05, 0) is 18.5 Å². The fourth-order valence-electron chi connectivity index (χ4n) is 1.88. The molecule has 0 saturated carbocycles. The fourth-order valence-corrected chi connectivity index (χ4v) is 1.88. The van der Waals surface area contributed by atoms with E-state index in [4.69, 9.17) is 0 Å². The van der Waals surface area contributed by atoms with Crippen LogP contribution < -0.4 is 10.2 Å². The summed E-state index contributed by atoms with van der Waals surface area (Å²) in [5.74, 6) is 1.66. The van der Waals surface area contributed by atoms with E-state index in [1.54, 1.807) is 12.4 Å². The summed E-state index contributed by atoms with van der Waals surface area (Å²) in [5.41, 5.74) is 1.05. The van der Waals surface area contributed by atoms with Gasteiger partial charge in [-0.25, -0.2) is 9.50 Å². The van der Waals surface area contributed by atoms with Crippen molar-refractivity contribution < 1.29 is 0 Å². The lowest BCUT2D eigenvalue weighted by Crippen LogP contribution is -2.31. The number of hydrogen-bond donors (Lipinski definition) is 1. The molecule has 5 heteroatoms. The zero-order valence-electron chi connectivity index (χ0n) is 11.3. The predicted molar refractivity (Wildman–Crippen MR) is 74.0 cm³/mol. The molecule has 2 aromatic rings. The smallest absolute Gasteiger partial charge is 0.154 e. The van der Waals surface area contributed by atoms with Crippen molar-refractivity contribution in [3.8, 4) is 0 Å². The van der Waals surface area contributed by atoms with E-state index in [2.05, 4.69) is 41.2 Å². The summed E-state index contributed by atoms with van der Waals surface area (Å²) < 4.78 is 1.85. The van der Waals surface area contributed by atoms with E-state index in [1.165, 1.54) is 0 Å². The molecule has 0 saturated heterocycles. The van der Waals surface area contributed by atoms with Gasteiger partial charge in [-0.3, -0.25) is 0 Å². The fraction of sp³-hybridized carbons (Fsp3) is 0.538. The van der Waals surface area contributed by atoms with Crippen LogP contribution in [0.5, 0.6) is 0 Å². The zero-order chi connectivity index (χ0) is 13.0. The van der Waals surface area contributed by atoms with Crippen molar-refractivity contribution >= 4 is 11.3 Å². The maximum absolute atomic E-state index is 4.43. The Morgan fingerprint density at radius 3 is 3.00 bits per heavy atom.